The number of benzene rings is 1. The summed E-state index contributed by atoms with van der Waals surface area (Å²) >= 11 is 0. The summed E-state index contributed by atoms with van der Waals surface area (Å²) in [5, 5.41) is 69.6. The molecule has 5 fully saturated rings. The first-order valence-electron chi connectivity index (χ1n) is 26.7. The van der Waals surface area contributed by atoms with Crippen LogP contribution in [-0.2, 0) is 25.7 Å². The molecule has 13 heteroatoms. The molecule has 1 aliphatic heterocycles. The monoisotopic (exact) mass is 965 g/mol. The molecule has 1 heterocycles. The Balaban J connectivity index is 1.17. The summed E-state index contributed by atoms with van der Waals surface area (Å²) in [6, 6.07) is 9.79. The molecule has 13 nitrogen and oxygen atoms in total. The number of allylic oxidation sites excluding steroid dienone is 3. The number of hydrogen-bond donors (Lipinski definition) is 8. The number of nitrogens with two attached hydrogens (primary N) is 1. The van der Waals surface area contributed by atoms with Gasteiger partial charge in [0.15, 0.2) is 11.7 Å². The predicted molar refractivity (Wildman–Crippen MR) is 266 cm³/mol. The Morgan fingerprint density at radius 1 is 0.957 bits per heavy atom. The lowest BCUT2D eigenvalue weighted by Gasteiger charge is -2.62. The third-order valence-electron chi connectivity index (χ3n) is 19.8. The van der Waals surface area contributed by atoms with Gasteiger partial charge in [0.2, 0.25) is 0 Å². The van der Waals surface area contributed by atoms with Crippen LogP contribution in [0.15, 0.2) is 58.2 Å². The van der Waals surface area contributed by atoms with Crippen molar-refractivity contribution in [3.8, 4) is 11.8 Å². The number of aliphatic imine (C=N–C) groups is 1. The molecule has 0 unspecified atom stereocenters. The third-order valence-corrected chi connectivity index (χ3v) is 19.8. The predicted octanol–water partition coefficient (Wildman–Crippen LogP) is 5.51. The fourth-order valence-corrected chi connectivity index (χ4v) is 16.4. The van der Waals surface area contributed by atoms with Gasteiger partial charge in [-0.05, 0) is 149 Å². The summed E-state index contributed by atoms with van der Waals surface area (Å²) in [5.74, 6) is 5.91. The van der Waals surface area contributed by atoms with Crippen molar-refractivity contribution in [1.29, 1.82) is 0 Å². The number of hydrogen-bond acceptors (Lipinski definition) is 11. The topological polar surface area (TPSA) is 224 Å². The van der Waals surface area contributed by atoms with Gasteiger partial charge in [0.05, 0.1) is 61.3 Å². The summed E-state index contributed by atoms with van der Waals surface area (Å²) < 4.78 is 5.62. The minimum atomic E-state index is -1.76. The van der Waals surface area contributed by atoms with E-state index in [1.54, 1.807) is 6.92 Å². The fourth-order valence-electron chi connectivity index (χ4n) is 16.4. The molecule has 1 aromatic rings. The first-order valence-corrected chi connectivity index (χ1v) is 26.7. The maximum absolute atomic E-state index is 15.1. The van der Waals surface area contributed by atoms with Crippen molar-refractivity contribution in [3.05, 3.63) is 58.8 Å². The van der Waals surface area contributed by atoms with Gasteiger partial charge in [0.1, 0.15) is 5.78 Å². The van der Waals surface area contributed by atoms with Crippen molar-refractivity contribution in [2.24, 2.45) is 86.7 Å². The zero-order valence-corrected chi connectivity index (χ0v) is 42.2. The highest BCUT2D eigenvalue weighted by Crippen LogP contribution is 2.72. The van der Waals surface area contributed by atoms with E-state index >= 15 is 4.79 Å². The van der Waals surface area contributed by atoms with E-state index in [0.29, 0.717) is 62.2 Å². The van der Waals surface area contributed by atoms with Crippen LogP contribution in [0.1, 0.15) is 130 Å². The zero-order valence-electron chi connectivity index (χ0n) is 42.2. The molecule has 0 bridgehead atoms. The van der Waals surface area contributed by atoms with Gasteiger partial charge in [0.25, 0.3) is 0 Å². The number of esters is 1. The molecule has 9 N–H and O–H groups in total. The molecule has 0 aromatic heterocycles. The van der Waals surface area contributed by atoms with Crippen LogP contribution in [-0.4, -0.2) is 98.2 Å². The molecular formula is C57H80N4O9. The van der Waals surface area contributed by atoms with Gasteiger partial charge in [-0.2, -0.15) is 0 Å². The molecule has 382 valence electrons. The van der Waals surface area contributed by atoms with Gasteiger partial charge < -0.3 is 46.6 Å². The van der Waals surface area contributed by atoms with Crippen LogP contribution in [0.4, 0.5) is 0 Å². The van der Waals surface area contributed by atoms with E-state index in [1.165, 1.54) is 18.9 Å². The molecule has 1 aromatic carbocycles. The normalized spacial score (nSPS) is 43.9. The summed E-state index contributed by atoms with van der Waals surface area (Å²) in [7, 11) is 0. The molecule has 0 spiro atoms. The first-order chi connectivity index (χ1) is 33.3. The zero-order chi connectivity index (χ0) is 49.9. The van der Waals surface area contributed by atoms with Crippen molar-refractivity contribution >= 4 is 23.5 Å². The number of carbonyl (C=O) groups is 3. The molecule has 18 atom stereocenters. The molecule has 0 radical (unpaired) electrons. The smallest absolute Gasteiger partial charge is 0.306 e. The van der Waals surface area contributed by atoms with Gasteiger partial charge in [-0.25, -0.2) is 4.99 Å². The molecule has 70 heavy (non-hydrogen) atoms. The Bertz CT molecular complexity index is 2320. The fraction of sp³-hybridized carbons (Fsp3) is 0.719. The maximum Gasteiger partial charge on any atom is 0.306 e. The quantitative estimate of drug-likeness (QED) is 0.0505. The summed E-state index contributed by atoms with van der Waals surface area (Å²) in [6.07, 6.45) is 6.59. The van der Waals surface area contributed by atoms with E-state index in [0.717, 1.165) is 31.2 Å². The van der Waals surface area contributed by atoms with Crippen LogP contribution in [0, 0.1) is 87.8 Å². The average Bonchev–Trinajstić information content (AvgIpc) is 3.87. The second-order valence-corrected chi connectivity index (χ2v) is 24.1. The van der Waals surface area contributed by atoms with Crippen LogP contribution >= 0.6 is 0 Å². The van der Waals surface area contributed by atoms with Crippen LogP contribution in [0.25, 0.3) is 0 Å². The summed E-state index contributed by atoms with van der Waals surface area (Å²) in [5.41, 5.74) is 4.24. The minimum absolute atomic E-state index is 0.0102. The van der Waals surface area contributed by atoms with Crippen LogP contribution in [0.2, 0.25) is 0 Å². The van der Waals surface area contributed by atoms with Crippen molar-refractivity contribution in [1.82, 2.24) is 10.6 Å². The number of ether oxygens (including phenoxy) is 1. The van der Waals surface area contributed by atoms with Crippen molar-refractivity contribution in [3.63, 3.8) is 0 Å². The van der Waals surface area contributed by atoms with Gasteiger partial charge in [-0.1, -0.05) is 68.7 Å². The summed E-state index contributed by atoms with van der Waals surface area (Å²) in [4.78, 5) is 45.2. The Labute approximate surface area is 415 Å². The molecule has 8 aliphatic rings. The Morgan fingerprint density at radius 2 is 1.73 bits per heavy atom. The number of carbonyl (C=O) groups excluding carboxylic acids is 3. The molecule has 7 aliphatic carbocycles. The number of aliphatic hydroxyl groups is 5. The van der Waals surface area contributed by atoms with Crippen LogP contribution in [0.5, 0.6) is 0 Å². The average molecular weight is 965 g/mol. The number of cyclic esters (lactones) is 1. The number of nitrogens with one attached hydrogen (secondary N) is 2. The van der Waals surface area contributed by atoms with Crippen molar-refractivity contribution < 1.29 is 44.7 Å². The second kappa shape index (κ2) is 19.8. The molecular weight excluding hydrogens is 885 g/mol. The standard InChI is InChI=1S/C57H80N4O9/c1-32-14-15-36-16-17-40-33(2)23-47(65)55(5,68)52-38(13-9-12-37(24-42(40)41(36)22-32)39-25-48(66)70-31-39)27-57(69)49-43(18-19-56(52,57)20-21-59-53(58)61-30-35-10-7-6-8-11-35)54(4)28-46(64)45(63)26-44(54)51(67)50(49)60-29-34(3)62/h6-8,10-11,16,32-33,37-47,52,60,63-65,68-69H,13-15,17-31H2,1-5H3,(H3,58,59,61)/t32-,33+,37-,38-,39+,40-,41+,42+,43-,44-,45+,46-,47+,52+,54+,55-,56-,57+/m0/s1. The number of rotatable bonds is 9. The lowest BCUT2D eigenvalue weighted by molar-refractivity contribution is -0.190. The first kappa shape index (κ1) is 50.9. The Morgan fingerprint density at radius 3 is 2.46 bits per heavy atom. The molecule has 9 rings (SSSR count). The second-order valence-electron chi connectivity index (χ2n) is 24.1. The third kappa shape index (κ3) is 9.09. The number of fused-ring (bicyclic) bond motifs is 10. The molecule has 0 amide bonds. The van der Waals surface area contributed by atoms with Crippen LogP contribution < -0.4 is 16.4 Å². The SMILES string of the molecule is CC(=O)CNC1=C2[C@H](CC[C@]3(CCNC(N)=NCc4ccccc4)[C@@H]4[C@@H](CC#C[C@H]([C@H]5COC(=O)C5)C[C@@H]5[C@@H](CC=C6CC[C@H](C)C[C@H]65)[C@H](C)C[C@@H](O)[C@]4(C)O)C[C@@]23O)[C@@]2(C)C[C@H](O)[C@H](O)C[C@H]2C1=O. The highest BCUT2D eigenvalue weighted by atomic mass is 16.5. The van der Waals surface area contributed by atoms with E-state index < -0.39 is 64.0 Å². The number of aliphatic hydroxyl groups excluding tert-OH is 3. The lowest BCUT2D eigenvalue weighted by Crippen LogP contribution is -2.66. The number of ketones is 2. The molecule has 4 saturated carbocycles. The highest BCUT2D eigenvalue weighted by molar-refractivity contribution is 6.00. The van der Waals surface area contributed by atoms with Gasteiger partial charge in [-0.3, -0.25) is 14.4 Å². The van der Waals surface area contributed by atoms with Gasteiger partial charge >= 0.3 is 5.97 Å². The number of nitrogens with zero attached hydrogens (tertiary/aromatic N) is 1. The van der Waals surface area contributed by atoms with Gasteiger partial charge in [0, 0.05) is 42.1 Å². The minimum Gasteiger partial charge on any atom is -0.465 e. The maximum atomic E-state index is 15.1. The van der Waals surface area contributed by atoms with E-state index in [4.69, 9.17) is 10.5 Å². The van der Waals surface area contributed by atoms with Crippen molar-refractivity contribution in [2.75, 3.05) is 19.7 Å². The Kier molecular flexibility index (Phi) is 14.4. The highest BCUT2D eigenvalue weighted by Gasteiger charge is 2.74. The molecule has 1 saturated heterocycles. The largest absolute Gasteiger partial charge is 0.465 e. The van der Waals surface area contributed by atoms with Crippen LogP contribution in [0.3, 0.4) is 0 Å². The van der Waals surface area contributed by atoms with E-state index in [2.05, 4.69) is 47.4 Å². The number of Topliss-reactive ketones (excluding diaryl/α,β-unsaturated/α-hetero) is 2. The Hall–Kier alpha value is -4.06. The lowest BCUT2D eigenvalue weighted by atomic mass is 9.44. The summed E-state index contributed by atoms with van der Waals surface area (Å²) in [6.45, 7) is 10.5. The van der Waals surface area contributed by atoms with E-state index in [9.17, 15) is 35.1 Å². The number of guanidine groups is 1. The van der Waals surface area contributed by atoms with E-state index in [1.807, 2.05) is 37.3 Å². The van der Waals surface area contributed by atoms with E-state index in [-0.39, 0.29) is 98.1 Å². The van der Waals surface area contributed by atoms with Crippen molar-refractivity contribution in [2.45, 2.75) is 161 Å². The van der Waals surface area contributed by atoms with Gasteiger partial charge in [-0.15, -0.1) is 5.92 Å².